The van der Waals surface area contributed by atoms with Gasteiger partial charge in [0.25, 0.3) is 0 Å². The van der Waals surface area contributed by atoms with Gasteiger partial charge in [-0.25, -0.2) is 14.4 Å². The van der Waals surface area contributed by atoms with E-state index in [2.05, 4.69) is 19.8 Å². The predicted molar refractivity (Wildman–Crippen MR) is 85.4 cm³/mol. The van der Waals surface area contributed by atoms with Gasteiger partial charge in [0.05, 0.1) is 11.6 Å². The molecule has 1 saturated heterocycles. The number of nitriles is 1. The van der Waals surface area contributed by atoms with E-state index in [0.29, 0.717) is 23.7 Å². The number of hydrogen-bond acceptors (Lipinski definition) is 5. The second kappa shape index (κ2) is 6.31. The van der Waals surface area contributed by atoms with E-state index in [-0.39, 0.29) is 5.82 Å². The molecule has 1 aromatic heterocycles. The Morgan fingerprint density at radius 1 is 1.43 bits per heavy atom. The van der Waals surface area contributed by atoms with E-state index in [1.807, 2.05) is 26.2 Å². The van der Waals surface area contributed by atoms with Crippen molar-refractivity contribution in [2.24, 2.45) is 0 Å². The number of hydrogen-bond donors (Lipinski definition) is 0. The maximum atomic E-state index is 14.0. The first-order valence-electron chi connectivity index (χ1n) is 7.49. The summed E-state index contributed by atoms with van der Waals surface area (Å²) in [5.74, 6) is 0.646. The lowest BCUT2D eigenvalue weighted by atomic mass is 10.1. The van der Waals surface area contributed by atoms with Crippen molar-refractivity contribution < 1.29 is 4.39 Å². The summed E-state index contributed by atoms with van der Waals surface area (Å²) in [5.41, 5.74) is 2.03. The molecule has 23 heavy (non-hydrogen) atoms. The normalized spacial score (nSPS) is 14.7. The largest absolute Gasteiger partial charge is 0.353 e. The summed E-state index contributed by atoms with van der Waals surface area (Å²) >= 11 is 0. The number of anilines is 1. The SMILES string of the molecule is Cc1cncnc1N1CC(N(C)Cc2ccc(C#N)cc2F)C1. The lowest BCUT2D eigenvalue weighted by Crippen LogP contribution is -2.58. The number of likely N-dealkylation sites (N-methyl/N-ethyl adjacent to an activating group) is 1. The van der Waals surface area contributed by atoms with Crippen molar-refractivity contribution in [2.75, 3.05) is 25.0 Å². The molecule has 0 atom stereocenters. The molecule has 1 aliphatic heterocycles. The Bertz CT molecular complexity index is 749. The summed E-state index contributed by atoms with van der Waals surface area (Å²) in [6.45, 7) is 4.26. The van der Waals surface area contributed by atoms with Crippen molar-refractivity contribution in [1.29, 1.82) is 5.26 Å². The molecule has 118 valence electrons. The van der Waals surface area contributed by atoms with E-state index >= 15 is 0 Å². The molecule has 0 saturated carbocycles. The summed E-state index contributed by atoms with van der Waals surface area (Å²) in [6, 6.07) is 6.95. The zero-order valence-corrected chi connectivity index (χ0v) is 13.2. The maximum Gasteiger partial charge on any atom is 0.134 e. The van der Waals surface area contributed by atoms with E-state index in [9.17, 15) is 4.39 Å². The van der Waals surface area contributed by atoms with Crippen molar-refractivity contribution in [3.63, 3.8) is 0 Å². The third kappa shape index (κ3) is 3.15. The van der Waals surface area contributed by atoms with Crippen LogP contribution in [-0.2, 0) is 6.54 Å². The molecule has 3 rings (SSSR count). The monoisotopic (exact) mass is 311 g/mol. The zero-order valence-electron chi connectivity index (χ0n) is 13.2. The second-order valence-corrected chi connectivity index (χ2v) is 5.92. The van der Waals surface area contributed by atoms with Crippen LogP contribution in [0.4, 0.5) is 10.2 Å². The second-order valence-electron chi connectivity index (χ2n) is 5.92. The molecular weight excluding hydrogens is 293 g/mol. The highest BCUT2D eigenvalue weighted by Gasteiger charge is 2.31. The Hall–Kier alpha value is -2.52. The minimum Gasteiger partial charge on any atom is -0.353 e. The average Bonchev–Trinajstić information content (AvgIpc) is 2.49. The van der Waals surface area contributed by atoms with Crippen LogP contribution < -0.4 is 4.90 Å². The van der Waals surface area contributed by atoms with Crippen LogP contribution in [0.15, 0.2) is 30.7 Å². The smallest absolute Gasteiger partial charge is 0.134 e. The quantitative estimate of drug-likeness (QED) is 0.865. The molecule has 2 heterocycles. The maximum absolute atomic E-state index is 14.0. The van der Waals surface area contributed by atoms with Gasteiger partial charge in [0.15, 0.2) is 0 Å². The molecule has 1 fully saturated rings. The van der Waals surface area contributed by atoms with Gasteiger partial charge in [-0.05, 0) is 26.1 Å². The molecule has 0 N–H and O–H groups in total. The van der Waals surface area contributed by atoms with Crippen molar-refractivity contribution in [3.05, 3.63) is 53.2 Å². The average molecular weight is 311 g/mol. The van der Waals surface area contributed by atoms with Gasteiger partial charge >= 0.3 is 0 Å². The highest BCUT2D eigenvalue weighted by molar-refractivity contribution is 5.47. The molecule has 0 radical (unpaired) electrons. The fraction of sp³-hybridized carbons (Fsp3) is 0.353. The van der Waals surface area contributed by atoms with E-state index in [4.69, 9.17) is 5.26 Å². The number of aromatic nitrogens is 2. The molecular formula is C17H18FN5. The number of aryl methyl sites for hydroxylation is 1. The highest BCUT2D eigenvalue weighted by atomic mass is 19.1. The summed E-state index contributed by atoms with van der Waals surface area (Å²) in [4.78, 5) is 12.7. The predicted octanol–water partition coefficient (Wildman–Crippen LogP) is 2.12. The van der Waals surface area contributed by atoms with Gasteiger partial charge in [-0.15, -0.1) is 0 Å². The molecule has 0 bridgehead atoms. The third-order valence-corrected chi connectivity index (χ3v) is 4.25. The molecule has 1 aromatic carbocycles. The summed E-state index contributed by atoms with van der Waals surface area (Å²) in [5, 5.41) is 8.79. The van der Waals surface area contributed by atoms with Crippen LogP contribution in [0.2, 0.25) is 0 Å². The van der Waals surface area contributed by atoms with Crippen LogP contribution in [-0.4, -0.2) is 41.0 Å². The number of nitrogens with zero attached hydrogens (tertiary/aromatic N) is 5. The minimum atomic E-state index is -0.321. The molecule has 0 unspecified atom stereocenters. The van der Waals surface area contributed by atoms with Gasteiger partial charge in [0.1, 0.15) is 18.0 Å². The van der Waals surface area contributed by atoms with Crippen molar-refractivity contribution in [3.8, 4) is 6.07 Å². The van der Waals surface area contributed by atoms with Crippen LogP contribution >= 0.6 is 0 Å². The van der Waals surface area contributed by atoms with Crippen LogP contribution in [0, 0.1) is 24.1 Å². The van der Waals surface area contributed by atoms with Gasteiger partial charge in [0, 0.05) is 43.0 Å². The molecule has 2 aromatic rings. The van der Waals surface area contributed by atoms with Crippen LogP contribution in [0.3, 0.4) is 0 Å². The van der Waals surface area contributed by atoms with Gasteiger partial charge in [-0.3, -0.25) is 4.90 Å². The number of rotatable bonds is 4. The Morgan fingerprint density at radius 3 is 2.87 bits per heavy atom. The van der Waals surface area contributed by atoms with E-state index in [1.165, 1.54) is 6.07 Å². The first-order chi connectivity index (χ1) is 11.1. The van der Waals surface area contributed by atoms with Crippen LogP contribution in [0.25, 0.3) is 0 Å². The molecule has 0 spiro atoms. The van der Waals surface area contributed by atoms with E-state index in [0.717, 1.165) is 24.5 Å². The third-order valence-electron chi connectivity index (χ3n) is 4.25. The van der Waals surface area contributed by atoms with Crippen molar-refractivity contribution in [2.45, 2.75) is 19.5 Å². The Labute approximate surface area is 135 Å². The zero-order chi connectivity index (χ0) is 16.4. The molecule has 0 aliphatic carbocycles. The van der Waals surface area contributed by atoms with E-state index in [1.54, 1.807) is 18.5 Å². The fourth-order valence-corrected chi connectivity index (χ4v) is 2.77. The number of halogens is 1. The Morgan fingerprint density at radius 2 is 2.22 bits per heavy atom. The lowest BCUT2D eigenvalue weighted by molar-refractivity contribution is 0.194. The van der Waals surface area contributed by atoms with Gasteiger partial charge in [-0.2, -0.15) is 5.26 Å². The van der Waals surface area contributed by atoms with Crippen LogP contribution in [0.5, 0.6) is 0 Å². The molecule has 1 aliphatic rings. The van der Waals surface area contributed by atoms with Gasteiger partial charge in [-0.1, -0.05) is 6.07 Å². The van der Waals surface area contributed by atoms with Crippen molar-refractivity contribution in [1.82, 2.24) is 14.9 Å². The first-order valence-corrected chi connectivity index (χ1v) is 7.49. The summed E-state index contributed by atoms with van der Waals surface area (Å²) < 4.78 is 14.0. The molecule has 6 heteroatoms. The summed E-state index contributed by atoms with van der Waals surface area (Å²) in [6.07, 6.45) is 3.37. The molecule has 0 amide bonds. The molecule has 5 nitrogen and oxygen atoms in total. The lowest BCUT2D eigenvalue weighted by Gasteiger charge is -2.45. The van der Waals surface area contributed by atoms with Gasteiger partial charge in [0.2, 0.25) is 0 Å². The standard InChI is InChI=1S/C17H18FN5/c1-12-7-20-11-21-17(12)23-9-15(10-23)22(2)8-14-4-3-13(6-19)5-16(14)18/h3-5,7,11,15H,8-10H2,1-2H3. The Kier molecular flexibility index (Phi) is 4.22. The van der Waals surface area contributed by atoms with Crippen molar-refractivity contribution >= 4 is 5.82 Å². The van der Waals surface area contributed by atoms with Gasteiger partial charge < -0.3 is 4.90 Å². The van der Waals surface area contributed by atoms with Crippen LogP contribution in [0.1, 0.15) is 16.7 Å². The first kappa shape index (κ1) is 15.4. The van der Waals surface area contributed by atoms with E-state index < -0.39 is 0 Å². The fourth-order valence-electron chi connectivity index (χ4n) is 2.77. The Balaban J connectivity index is 1.60. The number of benzene rings is 1. The summed E-state index contributed by atoms with van der Waals surface area (Å²) in [7, 11) is 1.99. The topological polar surface area (TPSA) is 56.1 Å². The highest BCUT2D eigenvalue weighted by Crippen LogP contribution is 2.24. The minimum absolute atomic E-state index is 0.321.